The molecule has 2 heterocycles. The molecule has 2 aromatic heterocycles. The standard InChI is InChI=1S/C24H21N3O4/c1-31-24(30)19-9-5-6-10-20(19)25-21(28)16-27-14-12-18-11-13-26(22(18)23(27)29)15-17-7-3-2-4-8-17/h2-14H,15-16H2,1H3,(H,25,28). The number of aromatic nitrogens is 2. The van der Waals surface area contributed by atoms with Crippen LogP contribution in [0.3, 0.4) is 0 Å². The fraction of sp³-hybridized carbons (Fsp3) is 0.125. The molecule has 156 valence electrons. The molecule has 1 amide bonds. The van der Waals surface area contributed by atoms with Gasteiger partial charge in [-0.15, -0.1) is 0 Å². The molecular formula is C24H21N3O4. The number of carbonyl (C=O) groups excluding carboxylic acids is 2. The molecule has 0 aliphatic carbocycles. The van der Waals surface area contributed by atoms with Gasteiger partial charge in [0.05, 0.1) is 18.4 Å². The average Bonchev–Trinajstić information content (AvgIpc) is 3.19. The number of rotatable bonds is 6. The first-order chi connectivity index (χ1) is 15.1. The summed E-state index contributed by atoms with van der Waals surface area (Å²) in [7, 11) is 1.28. The highest BCUT2D eigenvalue weighted by molar-refractivity contribution is 6.01. The quantitative estimate of drug-likeness (QED) is 0.490. The highest BCUT2D eigenvalue weighted by Crippen LogP contribution is 2.17. The molecule has 0 fully saturated rings. The molecule has 0 aliphatic rings. The average molecular weight is 415 g/mol. The maximum atomic E-state index is 13.1. The number of fused-ring (bicyclic) bond motifs is 1. The molecule has 2 aromatic carbocycles. The number of pyridine rings is 1. The van der Waals surface area contributed by atoms with E-state index in [0.717, 1.165) is 10.9 Å². The van der Waals surface area contributed by atoms with Gasteiger partial charge in [-0.3, -0.25) is 9.59 Å². The normalized spacial score (nSPS) is 10.7. The third-order valence-electron chi connectivity index (χ3n) is 5.01. The van der Waals surface area contributed by atoms with E-state index in [0.29, 0.717) is 17.7 Å². The molecule has 31 heavy (non-hydrogen) atoms. The number of esters is 1. The largest absolute Gasteiger partial charge is 0.465 e. The van der Waals surface area contributed by atoms with E-state index in [9.17, 15) is 14.4 Å². The van der Waals surface area contributed by atoms with Crippen LogP contribution < -0.4 is 10.9 Å². The van der Waals surface area contributed by atoms with Crippen LogP contribution in [0.15, 0.2) is 83.9 Å². The van der Waals surface area contributed by atoms with Gasteiger partial charge in [-0.2, -0.15) is 0 Å². The summed E-state index contributed by atoms with van der Waals surface area (Å²) in [6.45, 7) is 0.378. The number of nitrogens with zero attached hydrogens (tertiary/aromatic N) is 2. The van der Waals surface area contributed by atoms with Crippen LogP contribution in [-0.4, -0.2) is 28.1 Å². The van der Waals surface area contributed by atoms with Crippen LogP contribution in [0.25, 0.3) is 10.9 Å². The lowest BCUT2D eigenvalue weighted by Gasteiger charge is -2.11. The fourth-order valence-electron chi connectivity index (χ4n) is 3.51. The third-order valence-corrected chi connectivity index (χ3v) is 5.01. The summed E-state index contributed by atoms with van der Waals surface area (Å²) in [5.41, 5.74) is 1.94. The summed E-state index contributed by atoms with van der Waals surface area (Å²) < 4.78 is 7.99. The van der Waals surface area contributed by atoms with Crippen LogP contribution in [0.4, 0.5) is 5.69 Å². The molecule has 0 spiro atoms. The predicted octanol–water partition coefficient (Wildman–Crippen LogP) is 3.28. The minimum atomic E-state index is -0.548. The Labute approximate surface area is 178 Å². The summed E-state index contributed by atoms with van der Waals surface area (Å²) >= 11 is 0. The maximum Gasteiger partial charge on any atom is 0.339 e. The Balaban J connectivity index is 1.59. The van der Waals surface area contributed by atoms with Gasteiger partial charge in [-0.25, -0.2) is 4.79 Å². The number of benzene rings is 2. The minimum absolute atomic E-state index is 0.180. The first-order valence-electron chi connectivity index (χ1n) is 9.76. The summed E-state index contributed by atoms with van der Waals surface area (Å²) in [5, 5.41) is 3.51. The molecule has 0 unspecified atom stereocenters. The van der Waals surface area contributed by atoms with Gasteiger partial charge in [0.1, 0.15) is 12.1 Å². The Morgan fingerprint density at radius 1 is 0.903 bits per heavy atom. The Bertz CT molecular complexity index is 1310. The SMILES string of the molecule is COC(=O)c1ccccc1NC(=O)Cn1ccc2ccn(Cc3ccccc3)c2c1=O. The highest BCUT2D eigenvalue weighted by Gasteiger charge is 2.15. The van der Waals surface area contributed by atoms with Gasteiger partial charge in [0.25, 0.3) is 5.56 Å². The Morgan fingerprint density at radius 3 is 2.32 bits per heavy atom. The number of para-hydroxylation sites is 1. The number of nitrogens with one attached hydrogen (secondary N) is 1. The second-order valence-corrected chi connectivity index (χ2v) is 7.07. The van der Waals surface area contributed by atoms with Crippen molar-refractivity contribution in [2.24, 2.45) is 0 Å². The fourth-order valence-corrected chi connectivity index (χ4v) is 3.51. The van der Waals surface area contributed by atoms with Gasteiger partial charge in [-0.1, -0.05) is 42.5 Å². The molecule has 0 saturated carbocycles. The number of anilines is 1. The monoisotopic (exact) mass is 415 g/mol. The molecule has 7 heteroatoms. The van der Waals surface area contributed by atoms with Crippen LogP contribution in [-0.2, 0) is 22.6 Å². The van der Waals surface area contributed by atoms with Gasteiger partial charge in [0, 0.05) is 24.3 Å². The van der Waals surface area contributed by atoms with Crippen LogP contribution in [0, 0.1) is 0 Å². The number of carbonyl (C=O) groups is 2. The van der Waals surface area contributed by atoms with Gasteiger partial charge < -0.3 is 19.2 Å². The van der Waals surface area contributed by atoms with E-state index in [1.54, 1.807) is 30.5 Å². The first kappa shape index (κ1) is 20.2. The van der Waals surface area contributed by atoms with Crippen LogP contribution in [0.2, 0.25) is 0 Å². The number of amides is 1. The molecule has 0 aliphatic heterocycles. The van der Waals surface area contributed by atoms with Crippen molar-refractivity contribution in [2.75, 3.05) is 12.4 Å². The second kappa shape index (κ2) is 8.71. The van der Waals surface area contributed by atoms with E-state index in [-0.39, 0.29) is 17.7 Å². The van der Waals surface area contributed by atoms with E-state index in [1.165, 1.54) is 11.7 Å². The summed E-state index contributed by atoms with van der Waals surface area (Å²) in [4.78, 5) is 37.6. The highest BCUT2D eigenvalue weighted by atomic mass is 16.5. The Hall–Kier alpha value is -4.13. The topological polar surface area (TPSA) is 82.3 Å². The molecule has 4 aromatic rings. The molecule has 0 bridgehead atoms. The van der Waals surface area contributed by atoms with Gasteiger partial charge in [0.2, 0.25) is 5.91 Å². The van der Waals surface area contributed by atoms with Crippen LogP contribution in [0.1, 0.15) is 15.9 Å². The number of methoxy groups -OCH3 is 1. The van der Waals surface area contributed by atoms with E-state index >= 15 is 0 Å². The number of hydrogen-bond donors (Lipinski definition) is 1. The third kappa shape index (κ3) is 4.25. The van der Waals surface area contributed by atoms with Gasteiger partial charge in [0.15, 0.2) is 0 Å². The molecule has 0 saturated heterocycles. The number of ether oxygens (including phenoxy) is 1. The van der Waals surface area contributed by atoms with E-state index in [4.69, 9.17) is 4.74 Å². The molecule has 1 N–H and O–H groups in total. The lowest BCUT2D eigenvalue weighted by atomic mass is 10.2. The van der Waals surface area contributed by atoms with Crippen molar-refractivity contribution in [3.8, 4) is 0 Å². The van der Waals surface area contributed by atoms with Gasteiger partial charge >= 0.3 is 5.97 Å². The molecular weight excluding hydrogens is 394 g/mol. The van der Waals surface area contributed by atoms with Crippen molar-refractivity contribution in [2.45, 2.75) is 13.1 Å². The first-order valence-corrected chi connectivity index (χ1v) is 9.76. The summed E-state index contributed by atoms with van der Waals surface area (Å²) in [6.07, 6.45) is 3.47. The minimum Gasteiger partial charge on any atom is -0.465 e. The Morgan fingerprint density at radius 2 is 1.58 bits per heavy atom. The lowest BCUT2D eigenvalue weighted by molar-refractivity contribution is -0.116. The summed E-state index contributed by atoms with van der Waals surface area (Å²) in [5.74, 6) is -0.966. The van der Waals surface area contributed by atoms with Crippen LogP contribution in [0.5, 0.6) is 0 Å². The zero-order valence-corrected chi connectivity index (χ0v) is 16.9. The van der Waals surface area contributed by atoms with Crippen molar-refractivity contribution < 1.29 is 14.3 Å². The van der Waals surface area contributed by atoms with Crippen molar-refractivity contribution in [1.82, 2.24) is 9.13 Å². The second-order valence-electron chi connectivity index (χ2n) is 7.07. The van der Waals surface area contributed by atoms with E-state index in [1.807, 2.05) is 53.2 Å². The van der Waals surface area contributed by atoms with Gasteiger partial charge in [-0.05, 0) is 29.8 Å². The van der Waals surface area contributed by atoms with E-state index < -0.39 is 11.9 Å². The Kier molecular flexibility index (Phi) is 5.66. The maximum absolute atomic E-state index is 13.1. The smallest absolute Gasteiger partial charge is 0.339 e. The zero-order valence-electron chi connectivity index (χ0n) is 16.9. The van der Waals surface area contributed by atoms with Crippen LogP contribution >= 0.6 is 0 Å². The molecule has 4 rings (SSSR count). The number of hydrogen-bond acceptors (Lipinski definition) is 4. The van der Waals surface area contributed by atoms with Crippen molar-refractivity contribution >= 4 is 28.5 Å². The van der Waals surface area contributed by atoms with Crippen molar-refractivity contribution in [3.05, 3.63) is 101 Å². The lowest BCUT2D eigenvalue weighted by Crippen LogP contribution is -2.28. The predicted molar refractivity (Wildman–Crippen MR) is 118 cm³/mol. The molecule has 7 nitrogen and oxygen atoms in total. The van der Waals surface area contributed by atoms with E-state index in [2.05, 4.69) is 5.32 Å². The molecule has 0 radical (unpaired) electrons. The molecule has 0 atom stereocenters. The van der Waals surface area contributed by atoms with Crippen molar-refractivity contribution in [1.29, 1.82) is 0 Å². The van der Waals surface area contributed by atoms with Crippen molar-refractivity contribution in [3.63, 3.8) is 0 Å². The summed E-state index contributed by atoms with van der Waals surface area (Å²) in [6, 6.07) is 20.1. The zero-order chi connectivity index (χ0) is 21.8.